The minimum absolute atomic E-state index is 0.329. The first-order valence-electron chi connectivity index (χ1n) is 6.34. The van der Waals surface area contributed by atoms with Crippen molar-refractivity contribution in [2.45, 2.75) is 6.92 Å². The SMILES string of the molecule is CCOc1cccc(NC(=O)Nc2cccc(N)c2)c1. The zero-order valence-corrected chi connectivity index (χ0v) is 11.2. The Morgan fingerprint density at radius 2 is 1.75 bits per heavy atom. The van der Waals surface area contributed by atoms with Crippen molar-refractivity contribution >= 4 is 23.1 Å². The molecule has 2 amide bonds. The Labute approximate surface area is 117 Å². The third-order valence-corrected chi connectivity index (χ3v) is 2.55. The van der Waals surface area contributed by atoms with Gasteiger partial charge in [-0.25, -0.2) is 4.79 Å². The normalized spacial score (nSPS) is 9.85. The van der Waals surface area contributed by atoms with Gasteiger partial charge in [-0.15, -0.1) is 0 Å². The van der Waals surface area contributed by atoms with E-state index >= 15 is 0 Å². The van der Waals surface area contributed by atoms with Gasteiger partial charge in [0.1, 0.15) is 5.75 Å². The van der Waals surface area contributed by atoms with Gasteiger partial charge in [0.25, 0.3) is 0 Å². The van der Waals surface area contributed by atoms with E-state index in [9.17, 15) is 4.79 Å². The predicted octanol–water partition coefficient (Wildman–Crippen LogP) is 3.31. The van der Waals surface area contributed by atoms with Crippen LogP contribution in [0, 0.1) is 0 Å². The highest BCUT2D eigenvalue weighted by molar-refractivity contribution is 6.00. The summed E-state index contributed by atoms with van der Waals surface area (Å²) in [5, 5.41) is 5.45. The molecule has 0 saturated carbocycles. The lowest BCUT2D eigenvalue weighted by atomic mass is 10.3. The largest absolute Gasteiger partial charge is 0.494 e. The number of ether oxygens (including phenoxy) is 1. The summed E-state index contributed by atoms with van der Waals surface area (Å²) in [6.45, 7) is 2.49. The lowest BCUT2D eigenvalue weighted by Crippen LogP contribution is -2.19. The summed E-state index contributed by atoms with van der Waals surface area (Å²) in [4.78, 5) is 11.9. The first-order chi connectivity index (χ1) is 9.67. The molecule has 0 saturated heterocycles. The molecule has 0 aliphatic rings. The summed E-state index contributed by atoms with van der Waals surface area (Å²) >= 11 is 0. The Bertz CT molecular complexity index is 599. The van der Waals surface area contributed by atoms with Crippen LogP contribution in [-0.4, -0.2) is 12.6 Å². The third kappa shape index (κ3) is 3.91. The van der Waals surface area contributed by atoms with Crippen LogP contribution in [0.4, 0.5) is 21.9 Å². The second-order valence-electron chi connectivity index (χ2n) is 4.17. The van der Waals surface area contributed by atoms with Crippen LogP contribution in [0.5, 0.6) is 5.75 Å². The number of amides is 2. The van der Waals surface area contributed by atoms with Crippen LogP contribution in [0.25, 0.3) is 0 Å². The fourth-order valence-electron chi connectivity index (χ4n) is 1.74. The van der Waals surface area contributed by atoms with E-state index in [1.54, 1.807) is 36.4 Å². The van der Waals surface area contributed by atoms with Crippen LogP contribution in [0.2, 0.25) is 0 Å². The smallest absolute Gasteiger partial charge is 0.323 e. The van der Waals surface area contributed by atoms with Crippen molar-refractivity contribution in [2.75, 3.05) is 23.0 Å². The standard InChI is InChI=1S/C15H17N3O2/c1-2-20-14-8-4-7-13(10-14)18-15(19)17-12-6-3-5-11(16)9-12/h3-10H,2,16H2,1H3,(H2,17,18,19). The van der Waals surface area contributed by atoms with Gasteiger partial charge in [0.15, 0.2) is 0 Å². The molecule has 20 heavy (non-hydrogen) atoms. The molecule has 0 aromatic heterocycles. The molecule has 104 valence electrons. The first kappa shape index (κ1) is 13.7. The van der Waals surface area contributed by atoms with Gasteiger partial charge < -0.3 is 21.1 Å². The monoisotopic (exact) mass is 271 g/mol. The van der Waals surface area contributed by atoms with Gasteiger partial charge in [-0.2, -0.15) is 0 Å². The molecule has 2 aromatic carbocycles. The Morgan fingerprint density at radius 3 is 2.40 bits per heavy atom. The third-order valence-electron chi connectivity index (χ3n) is 2.55. The highest BCUT2D eigenvalue weighted by atomic mass is 16.5. The van der Waals surface area contributed by atoms with E-state index in [2.05, 4.69) is 10.6 Å². The number of hydrogen-bond acceptors (Lipinski definition) is 3. The van der Waals surface area contributed by atoms with Gasteiger partial charge in [-0.1, -0.05) is 12.1 Å². The van der Waals surface area contributed by atoms with Crippen molar-refractivity contribution in [3.05, 3.63) is 48.5 Å². The summed E-state index contributed by atoms with van der Waals surface area (Å²) in [5.74, 6) is 0.717. The van der Waals surface area contributed by atoms with E-state index in [4.69, 9.17) is 10.5 Å². The van der Waals surface area contributed by atoms with Gasteiger partial charge in [0.05, 0.1) is 6.61 Å². The number of nitrogen functional groups attached to an aromatic ring is 1. The number of carbonyl (C=O) groups excluding carboxylic acids is 1. The molecule has 2 rings (SSSR count). The van der Waals surface area contributed by atoms with E-state index in [1.807, 2.05) is 19.1 Å². The molecule has 0 aliphatic carbocycles. The van der Waals surface area contributed by atoms with Crippen molar-refractivity contribution in [1.82, 2.24) is 0 Å². The minimum Gasteiger partial charge on any atom is -0.494 e. The quantitative estimate of drug-likeness (QED) is 0.747. The van der Waals surface area contributed by atoms with Crippen molar-refractivity contribution < 1.29 is 9.53 Å². The zero-order chi connectivity index (χ0) is 14.4. The van der Waals surface area contributed by atoms with Crippen LogP contribution in [-0.2, 0) is 0 Å². The molecule has 0 unspecified atom stereocenters. The molecule has 0 atom stereocenters. The Kier molecular flexibility index (Phi) is 4.44. The molecule has 0 radical (unpaired) electrons. The van der Waals surface area contributed by atoms with Crippen molar-refractivity contribution in [1.29, 1.82) is 0 Å². The minimum atomic E-state index is -0.329. The Balaban J connectivity index is 1.99. The molecule has 5 nitrogen and oxygen atoms in total. The second-order valence-corrected chi connectivity index (χ2v) is 4.17. The number of nitrogens with one attached hydrogen (secondary N) is 2. The van der Waals surface area contributed by atoms with E-state index in [1.165, 1.54) is 0 Å². The molecular formula is C15H17N3O2. The zero-order valence-electron chi connectivity index (χ0n) is 11.2. The fourth-order valence-corrected chi connectivity index (χ4v) is 1.74. The lowest BCUT2D eigenvalue weighted by Gasteiger charge is -2.09. The number of anilines is 3. The van der Waals surface area contributed by atoms with E-state index in [0.29, 0.717) is 29.4 Å². The number of nitrogens with two attached hydrogens (primary N) is 1. The second kappa shape index (κ2) is 6.47. The number of benzene rings is 2. The van der Waals surface area contributed by atoms with Gasteiger partial charge in [0.2, 0.25) is 0 Å². The Hall–Kier alpha value is -2.69. The van der Waals surface area contributed by atoms with E-state index in [0.717, 1.165) is 0 Å². The number of urea groups is 1. The molecule has 0 aliphatic heterocycles. The fraction of sp³-hybridized carbons (Fsp3) is 0.133. The number of carbonyl (C=O) groups is 1. The molecule has 0 fully saturated rings. The number of hydrogen-bond donors (Lipinski definition) is 3. The van der Waals surface area contributed by atoms with Crippen LogP contribution < -0.4 is 21.1 Å². The summed E-state index contributed by atoms with van der Waals surface area (Å²) in [6.07, 6.45) is 0. The van der Waals surface area contributed by atoms with Gasteiger partial charge in [-0.05, 0) is 37.3 Å². The molecule has 0 bridgehead atoms. The molecule has 5 heteroatoms. The summed E-state index contributed by atoms with van der Waals surface area (Å²) in [7, 11) is 0. The maximum Gasteiger partial charge on any atom is 0.323 e. The predicted molar refractivity (Wildman–Crippen MR) is 81.1 cm³/mol. The maximum absolute atomic E-state index is 11.9. The number of rotatable bonds is 4. The van der Waals surface area contributed by atoms with Crippen LogP contribution in [0.3, 0.4) is 0 Å². The molecular weight excluding hydrogens is 254 g/mol. The van der Waals surface area contributed by atoms with Crippen molar-refractivity contribution in [3.63, 3.8) is 0 Å². The van der Waals surface area contributed by atoms with Crippen molar-refractivity contribution in [3.8, 4) is 5.75 Å². The Morgan fingerprint density at radius 1 is 1.10 bits per heavy atom. The van der Waals surface area contributed by atoms with Crippen LogP contribution >= 0.6 is 0 Å². The lowest BCUT2D eigenvalue weighted by molar-refractivity contribution is 0.262. The van der Waals surface area contributed by atoms with Crippen LogP contribution in [0.15, 0.2) is 48.5 Å². The molecule has 0 spiro atoms. The topological polar surface area (TPSA) is 76.4 Å². The highest BCUT2D eigenvalue weighted by Gasteiger charge is 2.03. The molecule has 0 heterocycles. The summed E-state index contributed by atoms with van der Waals surface area (Å²) in [5.41, 5.74) is 7.56. The van der Waals surface area contributed by atoms with Gasteiger partial charge in [-0.3, -0.25) is 0 Å². The summed E-state index contributed by atoms with van der Waals surface area (Å²) < 4.78 is 5.37. The first-order valence-corrected chi connectivity index (χ1v) is 6.34. The molecule has 2 aromatic rings. The average molecular weight is 271 g/mol. The van der Waals surface area contributed by atoms with E-state index in [-0.39, 0.29) is 6.03 Å². The highest BCUT2D eigenvalue weighted by Crippen LogP contribution is 2.18. The van der Waals surface area contributed by atoms with Crippen LogP contribution in [0.1, 0.15) is 6.92 Å². The average Bonchev–Trinajstić information content (AvgIpc) is 2.39. The van der Waals surface area contributed by atoms with Gasteiger partial charge >= 0.3 is 6.03 Å². The molecule has 4 N–H and O–H groups in total. The summed E-state index contributed by atoms with van der Waals surface area (Å²) in [6, 6.07) is 13.9. The maximum atomic E-state index is 11.9. The van der Waals surface area contributed by atoms with Gasteiger partial charge in [0, 0.05) is 23.1 Å². The van der Waals surface area contributed by atoms with Crippen molar-refractivity contribution in [2.24, 2.45) is 0 Å². The van der Waals surface area contributed by atoms with E-state index < -0.39 is 0 Å².